The van der Waals surface area contributed by atoms with Gasteiger partial charge in [0.1, 0.15) is 0 Å². The summed E-state index contributed by atoms with van der Waals surface area (Å²) in [6, 6.07) is 0. The van der Waals surface area contributed by atoms with Gasteiger partial charge in [-0.1, -0.05) is 0 Å². The number of rotatable bonds is 6. The summed E-state index contributed by atoms with van der Waals surface area (Å²) in [4.78, 5) is 77.6. The van der Waals surface area contributed by atoms with Gasteiger partial charge in [-0.2, -0.15) is 0 Å². The highest BCUT2D eigenvalue weighted by Crippen LogP contribution is 2.66. The molecule has 0 aromatic carbocycles. The molecule has 0 aliphatic heterocycles. The van der Waals surface area contributed by atoms with Crippen LogP contribution in [0, 0.1) is 16.2 Å². The SMILES string of the molecule is COC(=O)C1(C(=O)OC)CCC(C(=O)OC)(C(=O)OC)C1(C(=O)OC)C(=O)OC. The first kappa shape index (κ1) is 23.9. The zero-order valence-electron chi connectivity index (χ0n) is 16.8. The van der Waals surface area contributed by atoms with Crippen LogP contribution in [0.2, 0.25) is 0 Å². The van der Waals surface area contributed by atoms with Crippen LogP contribution in [-0.4, -0.2) is 78.5 Å². The molecule has 1 aliphatic rings. The standard InChI is InChI=1S/C17H22O12/c1-24-9(18)15(10(19)25-2)7-8-16(11(20)26-3,12(21)27-4)17(15,13(22)28-5)14(23)29-6/h7-8H2,1-6H3. The van der Waals surface area contributed by atoms with Crippen molar-refractivity contribution >= 4 is 35.8 Å². The van der Waals surface area contributed by atoms with Crippen LogP contribution >= 0.6 is 0 Å². The maximum absolute atomic E-state index is 13.1. The molecule has 12 nitrogen and oxygen atoms in total. The fourth-order valence-corrected chi connectivity index (χ4v) is 4.08. The van der Waals surface area contributed by atoms with Gasteiger partial charge in [-0.25, -0.2) is 0 Å². The topological polar surface area (TPSA) is 158 Å². The Hall–Kier alpha value is -3.18. The van der Waals surface area contributed by atoms with Crippen LogP contribution in [0.4, 0.5) is 0 Å². The van der Waals surface area contributed by atoms with E-state index in [0.29, 0.717) is 0 Å². The molecule has 29 heavy (non-hydrogen) atoms. The zero-order valence-corrected chi connectivity index (χ0v) is 16.8. The molecule has 12 heteroatoms. The second-order valence-electron chi connectivity index (χ2n) is 6.01. The Labute approximate surface area is 165 Å². The highest BCUT2D eigenvalue weighted by molar-refractivity contribution is 6.23. The van der Waals surface area contributed by atoms with E-state index in [0.717, 1.165) is 42.7 Å². The van der Waals surface area contributed by atoms with Gasteiger partial charge < -0.3 is 28.4 Å². The summed E-state index contributed by atoms with van der Waals surface area (Å²) >= 11 is 0. The molecular weight excluding hydrogens is 396 g/mol. The van der Waals surface area contributed by atoms with Gasteiger partial charge in [0.05, 0.1) is 42.7 Å². The lowest BCUT2D eigenvalue weighted by Gasteiger charge is -2.43. The number of carbonyl (C=O) groups excluding carboxylic acids is 6. The average molecular weight is 418 g/mol. The highest BCUT2D eigenvalue weighted by atomic mass is 16.6. The third-order valence-electron chi connectivity index (χ3n) is 5.27. The van der Waals surface area contributed by atoms with Gasteiger partial charge in [0.15, 0.2) is 10.8 Å². The van der Waals surface area contributed by atoms with Crippen molar-refractivity contribution in [2.45, 2.75) is 12.8 Å². The Bertz CT molecular complexity index is 643. The van der Waals surface area contributed by atoms with Crippen LogP contribution in [0.15, 0.2) is 0 Å². The first-order valence-electron chi connectivity index (χ1n) is 8.11. The van der Waals surface area contributed by atoms with Crippen molar-refractivity contribution in [2.75, 3.05) is 42.7 Å². The van der Waals surface area contributed by atoms with E-state index < -0.39 is 64.9 Å². The van der Waals surface area contributed by atoms with Crippen LogP contribution < -0.4 is 0 Å². The van der Waals surface area contributed by atoms with Gasteiger partial charge in [-0.15, -0.1) is 0 Å². The molecule has 0 aromatic heterocycles. The predicted molar refractivity (Wildman–Crippen MR) is 88.6 cm³/mol. The molecule has 0 saturated heterocycles. The molecule has 1 rings (SSSR count). The van der Waals surface area contributed by atoms with Crippen LogP contribution in [-0.2, 0) is 57.2 Å². The van der Waals surface area contributed by atoms with E-state index in [4.69, 9.17) is 0 Å². The Kier molecular flexibility index (Phi) is 6.95. The number of hydrogen-bond acceptors (Lipinski definition) is 12. The van der Waals surface area contributed by atoms with E-state index in [1.54, 1.807) is 0 Å². The Morgan fingerprint density at radius 1 is 0.448 bits per heavy atom. The molecule has 0 amide bonds. The lowest BCUT2D eigenvalue weighted by Crippen LogP contribution is -2.69. The van der Waals surface area contributed by atoms with Crippen molar-refractivity contribution in [1.82, 2.24) is 0 Å². The summed E-state index contributed by atoms with van der Waals surface area (Å²) in [5.74, 6) is -8.86. The minimum absolute atomic E-state index is 0.694. The summed E-state index contributed by atoms with van der Waals surface area (Å²) in [6.45, 7) is 0. The molecular formula is C17H22O12. The van der Waals surface area contributed by atoms with Crippen molar-refractivity contribution in [2.24, 2.45) is 16.2 Å². The van der Waals surface area contributed by atoms with Crippen LogP contribution in [0.1, 0.15) is 12.8 Å². The van der Waals surface area contributed by atoms with E-state index in [-0.39, 0.29) is 0 Å². The van der Waals surface area contributed by atoms with Gasteiger partial charge in [0, 0.05) is 0 Å². The van der Waals surface area contributed by atoms with E-state index in [1.165, 1.54) is 0 Å². The van der Waals surface area contributed by atoms with E-state index in [2.05, 4.69) is 28.4 Å². The highest BCUT2D eigenvalue weighted by Gasteiger charge is 2.89. The average Bonchev–Trinajstić information content (AvgIpc) is 3.09. The number of hydrogen-bond donors (Lipinski definition) is 0. The molecule has 1 saturated carbocycles. The molecule has 162 valence electrons. The molecule has 0 spiro atoms. The fraction of sp³-hybridized carbons (Fsp3) is 0.647. The number of methoxy groups -OCH3 is 6. The third-order valence-corrected chi connectivity index (χ3v) is 5.27. The normalized spacial score (nSPS) is 18.0. The molecule has 0 bridgehead atoms. The largest absolute Gasteiger partial charge is 0.468 e. The number of esters is 6. The molecule has 1 fully saturated rings. The summed E-state index contributed by atoms with van der Waals surface area (Å²) in [7, 11) is 5.16. The minimum Gasteiger partial charge on any atom is -0.468 e. The molecule has 0 N–H and O–H groups in total. The van der Waals surface area contributed by atoms with E-state index in [9.17, 15) is 28.8 Å². The van der Waals surface area contributed by atoms with Gasteiger partial charge in [0.2, 0.25) is 5.41 Å². The monoisotopic (exact) mass is 418 g/mol. The van der Waals surface area contributed by atoms with Crippen molar-refractivity contribution < 1.29 is 57.2 Å². The van der Waals surface area contributed by atoms with Gasteiger partial charge in [-0.05, 0) is 12.8 Å². The smallest absolute Gasteiger partial charge is 0.326 e. The third kappa shape index (κ3) is 2.65. The summed E-state index contributed by atoms with van der Waals surface area (Å²) in [5.41, 5.74) is -8.80. The lowest BCUT2D eigenvalue weighted by atomic mass is 9.55. The predicted octanol–water partition coefficient (Wildman–Crippen LogP) is -1.22. The molecule has 0 heterocycles. The van der Waals surface area contributed by atoms with E-state index >= 15 is 0 Å². The number of carbonyl (C=O) groups is 6. The first-order valence-corrected chi connectivity index (χ1v) is 8.11. The van der Waals surface area contributed by atoms with Gasteiger partial charge >= 0.3 is 35.8 Å². The Balaban J connectivity index is 4.35. The molecule has 1 aliphatic carbocycles. The lowest BCUT2D eigenvalue weighted by molar-refractivity contribution is -0.213. The number of ether oxygens (including phenoxy) is 6. The quantitative estimate of drug-likeness (QED) is 0.288. The van der Waals surface area contributed by atoms with Crippen LogP contribution in [0.25, 0.3) is 0 Å². The molecule has 0 unspecified atom stereocenters. The Morgan fingerprint density at radius 2 is 0.655 bits per heavy atom. The van der Waals surface area contributed by atoms with E-state index in [1.807, 2.05) is 0 Å². The van der Waals surface area contributed by atoms with Crippen molar-refractivity contribution in [3.05, 3.63) is 0 Å². The first-order chi connectivity index (χ1) is 13.6. The van der Waals surface area contributed by atoms with Crippen molar-refractivity contribution in [1.29, 1.82) is 0 Å². The summed E-state index contributed by atoms with van der Waals surface area (Å²) in [5, 5.41) is 0. The van der Waals surface area contributed by atoms with Gasteiger partial charge in [0.25, 0.3) is 0 Å². The Morgan fingerprint density at radius 3 is 0.828 bits per heavy atom. The second kappa shape index (κ2) is 8.45. The maximum atomic E-state index is 13.1. The summed E-state index contributed by atoms with van der Waals surface area (Å²) < 4.78 is 28.0. The molecule has 0 aromatic rings. The maximum Gasteiger partial charge on any atom is 0.326 e. The van der Waals surface area contributed by atoms with Gasteiger partial charge in [-0.3, -0.25) is 28.8 Å². The summed E-state index contributed by atoms with van der Waals surface area (Å²) in [6.07, 6.45) is -1.39. The second-order valence-corrected chi connectivity index (χ2v) is 6.01. The fourth-order valence-electron chi connectivity index (χ4n) is 4.08. The van der Waals surface area contributed by atoms with Crippen LogP contribution in [0.5, 0.6) is 0 Å². The van der Waals surface area contributed by atoms with Crippen molar-refractivity contribution in [3.8, 4) is 0 Å². The minimum atomic E-state index is -3.19. The van der Waals surface area contributed by atoms with Crippen molar-refractivity contribution in [3.63, 3.8) is 0 Å². The zero-order chi connectivity index (χ0) is 22.6. The molecule has 0 atom stereocenters. The molecule has 0 radical (unpaired) electrons. The van der Waals surface area contributed by atoms with Crippen LogP contribution in [0.3, 0.4) is 0 Å².